The number of aromatic nitrogens is 2. The van der Waals surface area contributed by atoms with Crippen LogP contribution in [0.4, 0.5) is 5.13 Å². The predicted molar refractivity (Wildman–Crippen MR) is 96.1 cm³/mol. The van der Waals surface area contributed by atoms with Crippen molar-refractivity contribution in [1.29, 1.82) is 0 Å². The second-order valence-electron chi connectivity index (χ2n) is 6.07. The van der Waals surface area contributed by atoms with Crippen LogP contribution in [0.1, 0.15) is 51.8 Å². The molecule has 5 nitrogen and oxygen atoms in total. The van der Waals surface area contributed by atoms with Crippen molar-refractivity contribution >= 4 is 46.1 Å². The highest BCUT2D eigenvalue weighted by Crippen LogP contribution is 2.43. The maximum absolute atomic E-state index is 12.2. The summed E-state index contributed by atoms with van der Waals surface area (Å²) in [6.07, 6.45) is 5.20. The van der Waals surface area contributed by atoms with Crippen LogP contribution >= 0.6 is 35.1 Å². The minimum Gasteiger partial charge on any atom is -0.311 e. The van der Waals surface area contributed by atoms with Crippen LogP contribution in [0.15, 0.2) is 11.4 Å². The Kier molecular flexibility index (Phi) is 5.01. The summed E-state index contributed by atoms with van der Waals surface area (Å²) in [5.74, 6) is 0.499. The average molecular weight is 371 g/mol. The van der Waals surface area contributed by atoms with Crippen molar-refractivity contribution in [2.24, 2.45) is 0 Å². The molecule has 0 bridgehead atoms. The Bertz CT molecular complexity index is 697. The zero-order valence-corrected chi connectivity index (χ0v) is 15.2. The normalized spacial score (nSPS) is 23.0. The summed E-state index contributed by atoms with van der Waals surface area (Å²) in [6.45, 7) is 1.87. The van der Waals surface area contributed by atoms with Gasteiger partial charge in [0.05, 0.1) is 4.88 Å². The molecule has 2 N–H and O–H groups in total. The monoisotopic (exact) mass is 370 g/mol. The van der Waals surface area contributed by atoms with E-state index in [0.717, 1.165) is 15.9 Å². The summed E-state index contributed by atoms with van der Waals surface area (Å²) in [5.41, 5.74) is 1.29. The SMILES string of the molecule is Cc1nnc(NC(=O)c2cc(C3CC3NC3CCC3)cs2)s1.Cl. The van der Waals surface area contributed by atoms with E-state index in [0.29, 0.717) is 17.1 Å². The summed E-state index contributed by atoms with van der Waals surface area (Å²) in [7, 11) is 0. The van der Waals surface area contributed by atoms with Gasteiger partial charge in [-0.15, -0.1) is 33.9 Å². The Morgan fingerprint density at radius 1 is 1.35 bits per heavy atom. The number of aryl methyl sites for hydroxylation is 1. The van der Waals surface area contributed by atoms with Gasteiger partial charge in [0.15, 0.2) is 0 Å². The average Bonchev–Trinajstić information content (AvgIpc) is 2.84. The molecule has 2 aromatic heterocycles. The Morgan fingerprint density at radius 2 is 2.17 bits per heavy atom. The van der Waals surface area contributed by atoms with E-state index in [9.17, 15) is 4.79 Å². The van der Waals surface area contributed by atoms with Gasteiger partial charge >= 0.3 is 0 Å². The highest BCUT2D eigenvalue weighted by molar-refractivity contribution is 7.15. The van der Waals surface area contributed by atoms with E-state index in [1.54, 1.807) is 0 Å². The lowest BCUT2D eigenvalue weighted by Gasteiger charge is -2.26. The summed E-state index contributed by atoms with van der Waals surface area (Å²) < 4.78 is 0. The van der Waals surface area contributed by atoms with Crippen molar-refractivity contribution in [3.8, 4) is 0 Å². The largest absolute Gasteiger partial charge is 0.311 e. The van der Waals surface area contributed by atoms with Crippen LogP contribution in [0.5, 0.6) is 0 Å². The Hall–Kier alpha value is -1.02. The standard InChI is InChI=1S/C15H18N4OS2.ClH/c1-8-18-19-15(22-8)17-14(20)13-5-9(7-21-13)11-6-12(11)16-10-3-2-4-10;/h5,7,10-12,16H,2-4,6H2,1H3,(H,17,19,20);1H. The molecule has 1 amide bonds. The van der Waals surface area contributed by atoms with Crippen LogP contribution in [0, 0.1) is 6.92 Å². The Labute approximate surface area is 149 Å². The number of thiophene rings is 1. The van der Waals surface area contributed by atoms with Gasteiger partial charge in [0.25, 0.3) is 5.91 Å². The van der Waals surface area contributed by atoms with Crippen LogP contribution in [0.3, 0.4) is 0 Å². The van der Waals surface area contributed by atoms with Gasteiger partial charge in [-0.2, -0.15) is 0 Å². The van der Waals surface area contributed by atoms with E-state index in [1.807, 2.05) is 13.0 Å². The molecule has 2 unspecified atom stereocenters. The van der Waals surface area contributed by atoms with Crippen molar-refractivity contribution in [3.63, 3.8) is 0 Å². The summed E-state index contributed by atoms with van der Waals surface area (Å²) >= 11 is 2.90. The van der Waals surface area contributed by atoms with Crippen molar-refractivity contribution in [3.05, 3.63) is 26.9 Å². The number of hydrogen-bond acceptors (Lipinski definition) is 6. The third-order valence-corrected chi connectivity index (χ3v) is 6.06. The molecule has 0 aliphatic heterocycles. The number of hydrogen-bond donors (Lipinski definition) is 2. The molecular weight excluding hydrogens is 352 g/mol. The second kappa shape index (κ2) is 6.84. The molecule has 2 saturated carbocycles. The number of halogens is 1. The van der Waals surface area contributed by atoms with Crippen molar-refractivity contribution < 1.29 is 4.79 Å². The van der Waals surface area contributed by atoms with Gasteiger partial charge in [-0.05, 0) is 43.2 Å². The van der Waals surface area contributed by atoms with Gasteiger partial charge in [-0.25, -0.2) is 0 Å². The molecule has 2 aromatic rings. The minimum absolute atomic E-state index is 0. The first-order valence-electron chi connectivity index (χ1n) is 7.65. The number of carbonyl (C=O) groups excluding carboxylic acids is 1. The predicted octanol–water partition coefficient (Wildman–Crippen LogP) is 3.58. The lowest BCUT2D eigenvalue weighted by Crippen LogP contribution is -2.37. The number of anilines is 1. The molecule has 0 radical (unpaired) electrons. The third kappa shape index (κ3) is 3.74. The highest BCUT2D eigenvalue weighted by atomic mass is 35.5. The number of rotatable bonds is 5. The fraction of sp³-hybridized carbons (Fsp3) is 0.533. The quantitative estimate of drug-likeness (QED) is 0.844. The Morgan fingerprint density at radius 3 is 2.83 bits per heavy atom. The Balaban J connectivity index is 0.00000156. The minimum atomic E-state index is -0.0865. The number of nitrogens with one attached hydrogen (secondary N) is 2. The zero-order chi connectivity index (χ0) is 15.1. The maximum Gasteiger partial charge on any atom is 0.267 e. The number of carbonyl (C=O) groups is 1. The molecule has 0 aromatic carbocycles. The van der Waals surface area contributed by atoms with E-state index in [1.165, 1.54) is 53.9 Å². The first kappa shape index (κ1) is 16.8. The lowest BCUT2D eigenvalue weighted by atomic mass is 9.93. The second-order valence-corrected chi connectivity index (χ2v) is 8.16. The lowest BCUT2D eigenvalue weighted by molar-refractivity contribution is 0.103. The third-order valence-electron chi connectivity index (χ3n) is 4.36. The molecule has 23 heavy (non-hydrogen) atoms. The van der Waals surface area contributed by atoms with Gasteiger partial charge in [0.2, 0.25) is 5.13 Å². The molecule has 4 rings (SSSR count). The van der Waals surface area contributed by atoms with Crippen molar-refractivity contribution in [1.82, 2.24) is 15.5 Å². The van der Waals surface area contributed by atoms with Gasteiger partial charge < -0.3 is 5.32 Å². The zero-order valence-electron chi connectivity index (χ0n) is 12.7. The fourth-order valence-corrected chi connectivity index (χ4v) is 4.25. The molecule has 2 aliphatic carbocycles. The van der Waals surface area contributed by atoms with Crippen LogP contribution in [0.2, 0.25) is 0 Å². The molecule has 0 saturated heterocycles. The molecule has 2 fully saturated rings. The molecular formula is C15H19ClN4OS2. The topological polar surface area (TPSA) is 66.9 Å². The van der Waals surface area contributed by atoms with E-state index in [4.69, 9.17) is 0 Å². The van der Waals surface area contributed by atoms with Gasteiger partial charge in [0.1, 0.15) is 5.01 Å². The van der Waals surface area contributed by atoms with E-state index >= 15 is 0 Å². The molecule has 0 spiro atoms. The van der Waals surface area contributed by atoms with E-state index < -0.39 is 0 Å². The fourth-order valence-electron chi connectivity index (χ4n) is 2.80. The van der Waals surface area contributed by atoms with Crippen molar-refractivity contribution in [2.45, 2.75) is 50.6 Å². The molecule has 8 heteroatoms. The first-order chi connectivity index (χ1) is 10.7. The van der Waals surface area contributed by atoms with Gasteiger partial charge in [-0.3, -0.25) is 10.1 Å². The smallest absolute Gasteiger partial charge is 0.267 e. The molecule has 124 valence electrons. The number of nitrogens with zero attached hydrogens (tertiary/aromatic N) is 2. The summed E-state index contributed by atoms with van der Waals surface area (Å²) in [4.78, 5) is 13.0. The van der Waals surface area contributed by atoms with Gasteiger partial charge in [0, 0.05) is 18.0 Å². The van der Waals surface area contributed by atoms with E-state index in [2.05, 4.69) is 26.2 Å². The highest BCUT2D eigenvalue weighted by Gasteiger charge is 2.40. The van der Waals surface area contributed by atoms with Crippen LogP contribution in [-0.2, 0) is 0 Å². The maximum atomic E-state index is 12.2. The molecule has 2 heterocycles. The van der Waals surface area contributed by atoms with E-state index in [-0.39, 0.29) is 18.3 Å². The number of amides is 1. The van der Waals surface area contributed by atoms with Crippen LogP contribution in [0.25, 0.3) is 0 Å². The van der Waals surface area contributed by atoms with Crippen LogP contribution in [-0.4, -0.2) is 28.2 Å². The van der Waals surface area contributed by atoms with Crippen LogP contribution < -0.4 is 10.6 Å². The molecule has 2 atom stereocenters. The summed E-state index contributed by atoms with van der Waals surface area (Å²) in [5, 5.41) is 17.9. The first-order valence-corrected chi connectivity index (χ1v) is 9.34. The summed E-state index contributed by atoms with van der Waals surface area (Å²) in [6, 6.07) is 3.37. The molecule has 2 aliphatic rings. The van der Waals surface area contributed by atoms with Gasteiger partial charge in [-0.1, -0.05) is 17.8 Å². The van der Waals surface area contributed by atoms with Crippen molar-refractivity contribution in [2.75, 3.05) is 5.32 Å².